The highest BCUT2D eigenvalue weighted by molar-refractivity contribution is 5.94. The Labute approximate surface area is 171 Å². The number of nitrogens with zero attached hydrogens (tertiary/aromatic N) is 3. The zero-order chi connectivity index (χ0) is 21.3. The SMILES string of the molecule is CN(Cc1ccc(OC(F)(F)F)cc1)C(=O)c1nn(-c2ccccc2)c2c1CCC2. The van der Waals surface area contributed by atoms with E-state index in [0.29, 0.717) is 11.3 Å². The maximum Gasteiger partial charge on any atom is 0.573 e. The predicted octanol–water partition coefficient (Wildman–Crippen LogP) is 4.53. The molecule has 8 heteroatoms. The number of fused-ring (bicyclic) bond motifs is 1. The molecule has 1 heterocycles. The van der Waals surface area contributed by atoms with Crippen LogP contribution in [0.25, 0.3) is 5.69 Å². The van der Waals surface area contributed by atoms with Crippen LogP contribution < -0.4 is 4.74 Å². The number of amides is 1. The van der Waals surface area contributed by atoms with Crippen molar-refractivity contribution < 1.29 is 22.7 Å². The third-order valence-corrected chi connectivity index (χ3v) is 5.06. The van der Waals surface area contributed by atoms with Crippen LogP contribution in [0.15, 0.2) is 54.6 Å². The minimum Gasteiger partial charge on any atom is -0.406 e. The van der Waals surface area contributed by atoms with Gasteiger partial charge in [0.2, 0.25) is 0 Å². The largest absolute Gasteiger partial charge is 0.573 e. The quantitative estimate of drug-likeness (QED) is 0.615. The molecule has 5 nitrogen and oxygen atoms in total. The highest BCUT2D eigenvalue weighted by Gasteiger charge is 2.31. The fourth-order valence-electron chi connectivity index (χ4n) is 3.71. The Morgan fingerprint density at radius 3 is 2.47 bits per heavy atom. The average Bonchev–Trinajstić information content (AvgIpc) is 3.31. The molecule has 1 aliphatic rings. The second kappa shape index (κ2) is 7.85. The molecule has 1 aromatic heterocycles. The fraction of sp³-hybridized carbons (Fsp3) is 0.273. The van der Waals surface area contributed by atoms with E-state index in [0.717, 1.165) is 36.2 Å². The molecule has 2 aromatic carbocycles. The number of hydrogen-bond donors (Lipinski definition) is 0. The molecule has 0 saturated heterocycles. The molecule has 0 saturated carbocycles. The van der Waals surface area contributed by atoms with Crippen LogP contribution in [0.4, 0.5) is 13.2 Å². The minimum absolute atomic E-state index is 0.210. The maximum atomic E-state index is 13.1. The second-order valence-electron chi connectivity index (χ2n) is 7.23. The summed E-state index contributed by atoms with van der Waals surface area (Å²) in [6.45, 7) is 0.248. The van der Waals surface area contributed by atoms with Crippen LogP contribution in [-0.2, 0) is 19.4 Å². The number of hydrogen-bond acceptors (Lipinski definition) is 3. The topological polar surface area (TPSA) is 47.4 Å². The normalized spacial score (nSPS) is 13.2. The summed E-state index contributed by atoms with van der Waals surface area (Å²) in [4.78, 5) is 14.6. The standard InChI is InChI=1S/C22H20F3N3O2/c1-27(14-15-10-12-17(13-11-15)30-22(23,24)25)21(29)20-18-8-5-9-19(18)28(26-20)16-6-3-2-4-7-16/h2-4,6-7,10-13H,5,8-9,14H2,1H3. The molecule has 156 valence electrons. The smallest absolute Gasteiger partial charge is 0.406 e. The van der Waals surface area contributed by atoms with Crippen LogP contribution in [0.1, 0.15) is 33.7 Å². The molecule has 0 spiro atoms. The lowest BCUT2D eigenvalue weighted by atomic mass is 10.1. The van der Waals surface area contributed by atoms with E-state index >= 15 is 0 Å². The van der Waals surface area contributed by atoms with Crippen molar-refractivity contribution in [3.05, 3.63) is 77.1 Å². The third-order valence-electron chi connectivity index (χ3n) is 5.06. The first kappa shape index (κ1) is 20.0. The lowest BCUT2D eigenvalue weighted by Gasteiger charge is -2.17. The van der Waals surface area contributed by atoms with Gasteiger partial charge in [-0.2, -0.15) is 5.10 Å². The molecule has 0 radical (unpaired) electrons. The molecule has 0 unspecified atom stereocenters. The summed E-state index contributed by atoms with van der Waals surface area (Å²) in [5.74, 6) is -0.502. The van der Waals surface area contributed by atoms with Gasteiger partial charge in [-0.1, -0.05) is 30.3 Å². The van der Waals surface area contributed by atoms with Crippen molar-refractivity contribution in [1.29, 1.82) is 0 Å². The number of aromatic nitrogens is 2. The van der Waals surface area contributed by atoms with Crippen molar-refractivity contribution in [3.8, 4) is 11.4 Å². The molecule has 0 atom stereocenters. The molecular formula is C22H20F3N3O2. The zero-order valence-corrected chi connectivity index (χ0v) is 16.3. The van der Waals surface area contributed by atoms with Gasteiger partial charge in [-0.15, -0.1) is 13.2 Å². The van der Waals surface area contributed by atoms with Gasteiger partial charge in [-0.05, 0) is 49.1 Å². The van der Waals surface area contributed by atoms with E-state index < -0.39 is 6.36 Å². The second-order valence-corrected chi connectivity index (χ2v) is 7.23. The molecule has 0 bridgehead atoms. The van der Waals surface area contributed by atoms with Crippen LogP contribution in [0, 0.1) is 0 Å². The van der Waals surface area contributed by atoms with E-state index in [1.807, 2.05) is 35.0 Å². The van der Waals surface area contributed by atoms with Crippen molar-refractivity contribution in [2.24, 2.45) is 0 Å². The third kappa shape index (κ3) is 4.17. The van der Waals surface area contributed by atoms with E-state index in [1.54, 1.807) is 7.05 Å². The van der Waals surface area contributed by atoms with E-state index in [1.165, 1.54) is 29.2 Å². The first-order valence-electron chi connectivity index (χ1n) is 9.58. The molecule has 4 rings (SSSR count). The van der Waals surface area contributed by atoms with Gasteiger partial charge in [0, 0.05) is 24.8 Å². The summed E-state index contributed by atoms with van der Waals surface area (Å²) >= 11 is 0. The molecule has 0 fully saturated rings. The highest BCUT2D eigenvalue weighted by Crippen LogP contribution is 2.29. The van der Waals surface area contributed by atoms with Gasteiger partial charge in [0.15, 0.2) is 5.69 Å². The molecular weight excluding hydrogens is 395 g/mol. The number of carbonyl (C=O) groups is 1. The molecule has 3 aromatic rings. The van der Waals surface area contributed by atoms with Crippen molar-refractivity contribution in [3.63, 3.8) is 0 Å². The maximum absolute atomic E-state index is 13.1. The Balaban J connectivity index is 1.52. The van der Waals surface area contributed by atoms with Gasteiger partial charge in [-0.25, -0.2) is 4.68 Å². The van der Waals surface area contributed by atoms with Crippen LogP contribution >= 0.6 is 0 Å². The number of rotatable bonds is 5. The Morgan fingerprint density at radius 1 is 1.10 bits per heavy atom. The van der Waals surface area contributed by atoms with Gasteiger partial charge in [0.05, 0.1) is 5.69 Å². The first-order valence-corrected chi connectivity index (χ1v) is 9.58. The predicted molar refractivity (Wildman–Crippen MR) is 105 cm³/mol. The summed E-state index contributed by atoms with van der Waals surface area (Å²) < 4.78 is 42.6. The van der Waals surface area contributed by atoms with E-state index in [9.17, 15) is 18.0 Å². The fourth-order valence-corrected chi connectivity index (χ4v) is 3.71. The van der Waals surface area contributed by atoms with Gasteiger partial charge < -0.3 is 9.64 Å². The number of alkyl halides is 3. The van der Waals surface area contributed by atoms with Gasteiger partial charge in [0.1, 0.15) is 5.75 Å². The molecule has 0 N–H and O–H groups in total. The molecule has 30 heavy (non-hydrogen) atoms. The number of halogens is 3. The number of carbonyl (C=O) groups excluding carboxylic acids is 1. The Morgan fingerprint density at radius 2 is 1.80 bits per heavy atom. The van der Waals surface area contributed by atoms with Crippen LogP contribution in [0.3, 0.4) is 0 Å². The summed E-state index contributed by atoms with van der Waals surface area (Å²) in [5.41, 5.74) is 4.08. The Hall–Kier alpha value is -3.29. The van der Waals surface area contributed by atoms with Gasteiger partial charge >= 0.3 is 6.36 Å². The monoisotopic (exact) mass is 415 g/mol. The summed E-state index contributed by atoms with van der Waals surface area (Å²) in [7, 11) is 1.66. The summed E-state index contributed by atoms with van der Waals surface area (Å²) in [6.07, 6.45) is -2.08. The highest BCUT2D eigenvalue weighted by atomic mass is 19.4. The average molecular weight is 415 g/mol. The lowest BCUT2D eigenvalue weighted by Crippen LogP contribution is -2.27. The van der Waals surface area contributed by atoms with E-state index in [4.69, 9.17) is 0 Å². The van der Waals surface area contributed by atoms with Crippen molar-refractivity contribution in [2.45, 2.75) is 32.2 Å². The number of benzene rings is 2. The Kier molecular flexibility index (Phi) is 5.24. The van der Waals surface area contributed by atoms with Crippen molar-refractivity contribution in [1.82, 2.24) is 14.7 Å². The van der Waals surface area contributed by atoms with Crippen LogP contribution in [0.2, 0.25) is 0 Å². The minimum atomic E-state index is -4.73. The zero-order valence-electron chi connectivity index (χ0n) is 16.3. The van der Waals surface area contributed by atoms with Gasteiger partial charge in [-0.3, -0.25) is 4.79 Å². The van der Waals surface area contributed by atoms with Crippen LogP contribution in [-0.4, -0.2) is 34.0 Å². The van der Waals surface area contributed by atoms with E-state index in [-0.39, 0.29) is 18.2 Å². The van der Waals surface area contributed by atoms with E-state index in [2.05, 4.69) is 9.84 Å². The molecule has 0 aliphatic heterocycles. The summed E-state index contributed by atoms with van der Waals surface area (Å²) in [5, 5.41) is 4.60. The number of para-hydroxylation sites is 1. The lowest BCUT2D eigenvalue weighted by molar-refractivity contribution is -0.274. The molecule has 1 amide bonds. The summed E-state index contributed by atoms with van der Waals surface area (Å²) in [6, 6.07) is 15.2. The molecule has 1 aliphatic carbocycles. The van der Waals surface area contributed by atoms with Crippen molar-refractivity contribution >= 4 is 5.91 Å². The Bertz CT molecular complexity index is 1040. The number of ether oxygens (including phenoxy) is 1. The first-order chi connectivity index (χ1) is 14.3. The van der Waals surface area contributed by atoms with Crippen molar-refractivity contribution in [2.75, 3.05) is 7.05 Å². The van der Waals surface area contributed by atoms with Gasteiger partial charge in [0.25, 0.3) is 5.91 Å². The van der Waals surface area contributed by atoms with Crippen LogP contribution in [0.5, 0.6) is 5.75 Å².